The average Bonchev–Trinajstić information content (AvgIpc) is 2.97. The highest BCUT2D eigenvalue weighted by Crippen LogP contribution is 2.25. The fourth-order valence-electron chi connectivity index (χ4n) is 2.32. The first kappa shape index (κ1) is 15.7. The third-order valence-corrected chi connectivity index (χ3v) is 4.81. The third-order valence-electron chi connectivity index (χ3n) is 3.41. The van der Waals surface area contributed by atoms with Gasteiger partial charge in [-0.15, -0.1) is 0 Å². The van der Waals surface area contributed by atoms with Gasteiger partial charge < -0.3 is 15.7 Å². The van der Waals surface area contributed by atoms with Gasteiger partial charge in [0.25, 0.3) is 0 Å². The summed E-state index contributed by atoms with van der Waals surface area (Å²) in [4.78, 5) is 22.6. The van der Waals surface area contributed by atoms with Gasteiger partial charge in [-0.2, -0.15) is 11.8 Å². The van der Waals surface area contributed by atoms with Crippen molar-refractivity contribution in [1.82, 2.24) is 10.6 Å². The molecule has 1 atom stereocenters. The maximum absolute atomic E-state index is 11.8. The number of carboxylic acids is 1. The lowest BCUT2D eigenvalue weighted by Crippen LogP contribution is -2.38. The summed E-state index contributed by atoms with van der Waals surface area (Å²) in [6.07, 6.45) is 2.35. The summed E-state index contributed by atoms with van der Waals surface area (Å²) in [6.45, 7) is 1.03. The number of carboxylic acid groups (broad SMARTS) is 1. The van der Waals surface area contributed by atoms with Crippen molar-refractivity contribution in [2.24, 2.45) is 0 Å². The molecule has 6 heteroatoms. The van der Waals surface area contributed by atoms with Crippen LogP contribution in [0.25, 0.3) is 0 Å². The normalized spacial score (nSPS) is 17.4. The fraction of sp³-hybridized carbons (Fsp3) is 0.467. The van der Waals surface area contributed by atoms with Crippen molar-refractivity contribution in [3.63, 3.8) is 0 Å². The number of benzene rings is 1. The van der Waals surface area contributed by atoms with E-state index in [1.807, 2.05) is 23.9 Å². The number of hydrogen-bond acceptors (Lipinski definition) is 3. The summed E-state index contributed by atoms with van der Waals surface area (Å²) >= 11 is 1.90. The number of amides is 2. The van der Waals surface area contributed by atoms with Crippen molar-refractivity contribution in [3.05, 3.63) is 35.4 Å². The molecule has 1 aromatic carbocycles. The smallest absolute Gasteiger partial charge is 0.315 e. The zero-order valence-corrected chi connectivity index (χ0v) is 12.6. The molecule has 0 aliphatic carbocycles. The Hall–Kier alpha value is -1.69. The Labute approximate surface area is 128 Å². The lowest BCUT2D eigenvalue weighted by Gasteiger charge is -2.12. The monoisotopic (exact) mass is 308 g/mol. The quantitative estimate of drug-likeness (QED) is 0.751. The maximum atomic E-state index is 11.8. The molecule has 1 unspecified atom stereocenters. The Balaban J connectivity index is 1.79. The molecule has 21 heavy (non-hydrogen) atoms. The van der Waals surface area contributed by atoms with Crippen LogP contribution in [0.3, 0.4) is 0 Å². The van der Waals surface area contributed by atoms with Crippen LogP contribution >= 0.6 is 11.8 Å². The number of nitrogens with one attached hydrogen (secondary N) is 2. The number of rotatable bonds is 6. The summed E-state index contributed by atoms with van der Waals surface area (Å²) in [7, 11) is 0. The van der Waals surface area contributed by atoms with Crippen LogP contribution in [0.15, 0.2) is 24.3 Å². The van der Waals surface area contributed by atoms with E-state index >= 15 is 0 Å². The summed E-state index contributed by atoms with van der Waals surface area (Å²) in [5.74, 6) is 0.307. The first-order chi connectivity index (χ1) is 10.1. The van der Waals surface area contributed by atoms with E-state index in [0.717, 1.165) is 17.5 Å². The van der Waals surface area contributed by atoms with E-state index in [1.54, 1.807) is 12.1 Å². The van der Waals surface area contributed by atoms with Crippen LogP contribution in [-0.4, -0.2) is 34.7 Å². The molecule has 3 N–H and O–H groups in total. The Morgan fingerprint density at radius 1 is 1.24 bits per heavy atom. The molecule has 0 aromatic heterocycles. The lowest BCUT2D eigenvalue weighted by molar-refractivity contribution is -0.136. The van der Waals surface area contributed by atoms with E-state index in [9.17, 15) is 9.59 Å². The largest absolute Gasteiger partial charge is 0.481 e. The van der Waals surface area contributed by atoms with Crippen LogP contribution in [0, 0.1) is 0 Å². The molecular weight excluding hydrogens is 288 g/mol. The van der Waals surface area contributed by atoms with Gasteiger partial charge in [-0.3, -0.25) is 4.79 Å². The number of urea groups is 1. The van der Waals surface area contributed by atoms with Gasteiger partial charge >= 0.3 is 12.0 Å². The van der Waals surface area contributed by atoms with Crippen LogP contribution in [0.4, 0.5) is 4.79 Å². The minimum atomic E-state index is -0.870. The van der Waals surface area contributed by atoms with Crippen LogP contribution in [0.1, 0.15) is 24.0 Å². The predicted octanol–water partition coefficient (Wildman–Crippen LogP) is 2.01. The van der Waals surface area contributed by atoms with Crippen molar-refractivity contribution in [1.29, 1.82) is 0 Å². The summed E-state index contributed by atoms with van der Waals surface area (Å²) < 4.78 is 0. The molecule has 0 saturated carbocycles. The van der Waals surface area contributed by atoms with E-state index in [0.29, 0.717) is 18.3 Å². The average molecular weight is 308 g/mol. The van der Waals surface area contributed by atoms with Crippen molar-refractivity contribution in [3.8, 4) is 0 Å². The molecule has 0 radical (unpaired) electrons. The van der Waals surface area contributed by atoms with Gasteiger partial charge in [0.2, 0.25) is 0 Å². The van der Waals surface area contributed by atoms with E-state index in [2.05, 4.69) is 10.6 Å². The van der Waals surface area contributed by atoms with Crippen molar-refractivity contribution in [2.45, 2.75) is 31.1 Å². The standard InChI is InChI=1S/C15H20N2O3S/c18-14(19)8-11-4-1-2-5-12(11)9-16-15(20)17-10-13-6-3-7-21-13/h1-2,4-5,13H,3,6-10H2,(H,18,19)(H2,16,17,20). The van der Waals surface area contributed by atoms with Gasteiger partial charge in [-0.05, 0) is 29.7 Å². The molecule has 0 spiro atoms. The Bertz CT molecular complexity index is 501. The molecule has 1 aliphatic heterocycles. The highest BCUT2D eigenvalue weighted by molar-refractivity contribution is 8.00. The van der Waals surface area contributed by atoms with E-state index in [-0.39, 0.29) is 12.5 Å². The van der Waals surface area contributed by atoms with Crippen LogP contribution in [-0.2, 0) is 17.8 Å². The molecule has 1 aliphatic rings. The number of thioether (sulfide) groups is 1. The molecule has 1 saturated heterocycles. The Kier molecular flexibility index (Phi) is 5.92. The van der Waals surface area contributed by atoms with Crippen LogP contribution in [0.5, 0.6) is 0 Å². The van der Waals surface area contributed by atoms with Crippen LogP contribution in [0.2, 0.25) is 0 Å². The molecular formula is C15H20N2O3S. The summed E-state index contributed by atoms with van der Waals surface area (Å²) in [5, 5.41) is 15.0. The molecule has 2 amide bonds. The number of hydrogen-bond donors (Lipinski definition) is 3. The van der Waals surface area contributed by atoms with E-state index in [1.165, 1.54) is 12.2 Å². The first-order valence-corrected chi connectivity index (χ1v) is 8.12. The highest BCUT2D eigenvalue weighted by atomic mass is 32.2. The van der Waals surface area contributed by atoms with Crippen molar-refractivity contribution in [2.75, 3.05) is 12.3 Å². The zero-order valence-electron chi connectivity index (χ0n) is 11.8. The Morgan fingerprint density at radius 2 is 2.00 bits per heavy atom. The maximum Gasteiger partial charge on any atom is 0.315 e. The zero-order chi connectivity index (χ0) is 15.1. The van der Waals surface area contributed by atoms with E-state index < -0.39 is 5.97 Å². The second-order valence-electron chi connectivity index (χ2n) is 5.04. The van der Waals surface area contributed by atoms with Gasteiger partial charge in [0.15, 0.2) is 0 Å². The van der Waals surface area contributed by atoms with E-state index in [4.69, 9.17) is 5.11 Å². The number of carbonyl (C=O) groups is 2. The fourth-order valence-corrected chi connectivity index (χ4v) is 3.52. The highest BCUT2D eigenvalue weighted by Gasteiger charge is 2.16. The first-order valence-electron chi connectivity index (χ1n) is 7.07. The second-order valence-corrected chi connectivity index (χ2v) is 6.45. The molecule has 5 nitrogen and oxygen atoms in total. The minimum absolute atomic E-state index is 0.0296. The topological polar surface area (TPSA) is 78.4 Å². The van der Waals surface area contributed by atoms with Crippen molar-refractivity contribution >= 4 is 23.8 Å². The lowest BCUT2D eigenvalue weighted by atomic mass is 10.0. The number of carbonyl (C=O) groups excluding carboxylic acids is 1. The third kappa shape index (κ3) is 5.30. The SMILES string of the molecule is O=C(O)Cc1ccccc1CNC(=O)NCC1CCCS1. The molecule has 1 heterocycles. The Morgan fingerprint density at radius 3 is 2.67 bits per heavy atom. The molecule has 114 valence electrons. The van der Waals surface area contributed by atoms with Gasteiger partial charge in [0, 0.05) is 18.3 Å². The van der Waals surface area contributed by atoms with Gasteiger partial charge in [-0.1, -0.05) is 24.3 Å². The predicted molar refractivity (Wildman–Crippen MR) is 83.5 cm³/mol. The second kappa shape index (κ2) is 7.93. The van der Waals surface area contributed by atoms with Gasteiger partial charge in [0.05, 0.1) is 6.42 Å². The molecule has 0 bridgehead atoms. The molecule has 1 fully saturated rings. The summed E-state index contributed by atoms with van der Waals surface area (Å²) in [5.41, 5.74) is 1.57. The molecule has 2 rings (SSSR count). The molecule has 1 aromatic rings. The van der Waals surface area contributed by atoms with Gasteiger partial charge in [-0.25, -0.2) is 4.79 Å². The number of aliphatic carboxylic acids is 1. The van der Waals surface area contributed by atoms with Crippen molar-refractivity contribution < 1.29 is 14.7 Å². The summed E-state index contributed by atoms with van der Waals surface area (Å²) in [6, 6.07) is 7.06. The van der Waals surface area contributed by atoms with Crippen LogP contribution < -0.4 is 10.6 Å². The minimum Gasteiger partial charge on any atom is -0.481 e. The van der Waals surface area contributed by atoms with Gasteiger partial charge in [0.1, 0.15) is 0 Å².